The van der Waals surface area contributed by atoms with Crippen molar-refractivity contribution >= 4 is 22.0 Å². The monoisotopic (exact) mass is 335 g/mol. The molecule has 0 aliphatic carbocycles. The Hall–Kier alpha value is -1.55. The molecule has 0 radical (unpaired) electrons. The second kappa shape index (κ2) is 6.29. The van der Waals surface area contributed by atoms with Crippen molar-refractivity contribution < 1.29 is 17.4 Å². The van der Waals surface area contributed by atoms with Crippen molar-refractivity contribution in [3.05, 3.63) is 18.0 Å². The van der Waals surface area contributed by atoms with E-state index >= 15 is 0 Å². The van der Waals surface area contributed by atoms with Gasteiger partial charge in [0.15, 0.2) is 0 Å². The Morgan fingerprint density at radius 3 is 2.68 bits per heavy atom. The van der Waals surface area contributed by atoms with Crippen molar-refractivity contribution in [2.75, 3.05) is 0 Å². The molecule has 0 spiro atoms. The minimum atomic E-state index is -4.37. The number of hydrogen-bond donors (Lipinski definition) is 1. The van der Waals surface area contributed by atoms with E-state index in [2.05, 4.69) is 15.3 Å². The van der Waals surface area contributed by atoms with Crippen LogP contribution in [-0.4, -0.2) is 35.6 Å². The highest BCUT2D eigenvalue weighted by Gasteiger charge is 2.29. The van der Waals surface area contributed by atoms with Gasteiger partial charge in [0.25, 0.3) is 0 Å². The molecule has 0 saturated heterocycles. The fourth-order valence-electron chi connectivity index (χ4n) is 2.15. The molecule has 2 aromatic rings. The lowest BCUT2D eigenvalue weighted by Crippen LogP contribution is -2.20. The molecule has 10 heteroatoms. The third-order valence-electron chi connectivity index (χ3n) is 3.34. The third kappa shape index (κ3) is 4.01. The van der Waals surface area contributed by atoms with Crippen LogP contribution in [0.25, 0.3) is 11.0 Å². The molecule has 0 bridgehead atoms. The highest BCUT2D eigenvalue weighted by Crippen LogP contribution is 2.24. The largest absolute Gasteiger partial charge is 0.408 e. The number of hydrogen-bond acceptors (Lipinski definition) is 4. The minimum absolute atomic E-state index is 0.0420. The second-order valence-corrected chi connectivity index (χ2v) is 6.70. The molecular formula is C12H16F3N5OS. The second-order valence-electron chi connectivity index (χ2n) is 5.24. The minimum Gasteiger partial charge on any atom is -0.259 e. The highest BCUT2D eigenvalue weighted by atomic mass is 32.2. The van der Waals surface area contributed by atoms with Gasteiger partial charge in [0.2, 0.25) is 0 Å². The van der Waals surface area contributed by atoms with Crippen LogP contribution in [0.15, 0.2) is 12.3 Å². The fourth-order valence-corrected chi connectivity index (χ4v) is 2.63. The lowest BCUT2D eigenvalue weighted by molar-refractivity contribution is -0.142. The van der Waals surface area contributed by atoms with Gasteiger partial charge in [-0.1, -0.05) is 12.1 Å². The van der Waals surface area contributed by atoms with Gasteiger partial charge in [0.05, 0.1) is 17.2 Å². The fraction of sp³-hybridized carbons (Fsp3) is 0.583. The van der Waals surface area contributed by atoms with Crippen LogP contribution in [-0.2, 0) is 17.5 Å². The number of halogens is 3. The number of rotatable bonds is 5. The van der Waals surface area contributed by atoms with E-state index in [0.29, 0.717) is 17.6 Å². The molecule has 0 aliphatic rings. The first-order valence-corrected chi connectivity index (χ1v) is 7.86. The van der Waals surface area contributed by atoms with Crippen molar-refractivity contribution in [2.45, 2.75) is 44.2 Å². The SMILES string of the molecule is CC(C[C@@H](C)c1cc2nnn(CC(F)(F)F)c2cn1)S(N)=O. The first-order chi connectivity index (χ1) is 10.2. The van der Waals surface area contributed by atoms with E-state index in [1.54, 1.807) is 13.0 Å². The van der Waals surface area contributed by atoms with Crippen LogP contribution in [0.4, 0.5) is 13.2 Å². The Morgan fingerprint density at radius 1 is 1.41 bits per heavy atom. The maximum atomic E-state index is 12.4. The third-order valence-corrected chi connectivity index (χ3v) is 4.32. The first kappa shape index (κ1) is 16.8. The number of aromatic nitrogens is 4. The number of fused-ring (bicyclic) bond motifs is 1. The standard InChI is InChI=1S/C12H16F3N5OS/c1-7(3-8(2)22(16)21)9-4-10-11(5-17-9)20(19-18-10)6-12(13,14)15/h4-5,7-8H,3,6,16H2,1-2H3/t7-,8?,22?/m1/s1. The van der Waals surface area contributed by atoms with Gasteiger partial charge in [-0.3, -0.25) is 10.1 Å². The summed E-state index contributed by atoms with van der Waals surface area (Å²) in [6.45, 7) is 2.45. The Kier molecular flexibility index (Phi) is 4.81. The summed E-state index contributed by atoms with van der Waals surface area (Å²) >= 11 is 0. The summed E-state index contributed by atoms with van der Waals surface area (Å²) in [5, 5.41) is 12.4. The summed E-state index contributed by atoms with van der Waals surface area (Å²) in [4.78, 5) is 4.17. The quantitative estimate of drug-likeness (QED) is 0.904. The smallest absolute Gasteiger partial charge is 0.259 e. The molecule has 2 unspecified atom stereocenters. The lowest BCUT2D eigenvalue weighted by Gasteiger charge is -2.14. The molecule has 0 amide bonds. The van der Waals surface area contributed by atoms with Crippen molar-refractivity contribution in [1.29, 1.82) is 0 Å². The van der Waals surface area contributed by atoms with E-state index in [0.717, 1.165) is 4.68 Å². The van der Waals surface area contributed by atoms with Crippen LogP contribution in [0.3, 0.4) is 0 Å². The zero-order valence-corrected chi connectivity index (χ0v) is 12.9. The predicted octanol–water partition coefficient (Wildman–Crippen LogP) is 1.89. The Balaban J connectivity index is 2.23. The normalized spacial score (nSPS) is 16.6. The van der Waals surface area contributed by atoms with Gasteiger partial charge < -0.3 is 0 Å². The molecule has 2 rings (SSSR count). The number of pyridine rings is 1. The molecule has 2 heterocycles. The van der Waals surface area contributed by atoms with Crippen LogP contribution in [0.1, 0.15) is 31.9 Å². The van der Waals surface area contributed by atoms with Gasteiger partial charge in [0.1, 0.15) is 17.6 Å². The van der Waals surface area contributed by atoms with Crippen LogP contribution < -0.4 is 5.14 Å². The zero-order chi connectivity index (χ0) is 16.5. The number of alkyl halides is 3. The Morgan fingerprint density at radius 2 is 2.09 bits per heavy atom. The summed E-state index contributed by atoms with van der Waals surface area (Å²) in [6.07, 6.45) is -2.48. The lowest BCUT2D eigenvalue weighted by atomic mass is 10.0. The summed E-state index contributed by atoms with van der Waals surface area (Å²) in [5.41, 5.74) is 1.23. The van der Waals surface area contributed by atoms with Gasteiger partial charge in [-0.2, -0.15) is 13.2 Å². The molecule has 0 aliphatic heterocycles. The average molecular weight is 335 g/mol. The summed E-state index contributed by atoms with van der Waals surface area (Å²) in [7, 11) is -1.42. The summed E-state index contributed by atoms with van der Waals surface area (Å²) < 4.78 is 49.2. The molecule has 3 atom stereocenters. The van der Waals surface area contributed by atoms with Crippen LogP contribution in [0.2, 0.25) is 0 Å². The molecule has 0 aromatic carbocycles. The Bertz CT molecular complexity index is 687. The van der Waals surface area contributed by atoms with Crippen molar-refractivity contribution in [1.82, 2.24) is 20.0 Å². The predicted molar refractivity (Wildman–Crippen MR) is 76.2 cm³/mol. The molecule has 122 valence electrons. The molecule has 6 nitrogen and oxygen atoms in total. The molecule has 0 fully saturated rings. The van der Waals surface area contributed by atoms with E-state index in [4.69, 9.17) is 5.14 Å². The van der Waals surface area contributed by atoms with E-state index in [1.165, 1.54) is 6.20 Å². The topological polar surface area (TPSA) is 86.7 Å². The summed E-state index contributed by atoms with van der Waals surface area (Å²) in [5.74, 6) is -0.0420. The van der Waals surface area contributed by atoms with Gasteiger partial charge in [-0.05, 0) is 25.3 Å². The van der Waals surface area contributed by atoms with E-state index < -0.39 is 23.7 Å². The van der Waals surface area contributed by atoms with E-state index in [-0.39, 0.29) is 16.7 Å². The maximum Gasteiger partial charge on any atom is 0.408 e. The maximum absolute atomic E-state index is 12.4. The van der Waals surface area contributed by atoms with Crippen LogP contribution >= 0.6 is 0 Å². The first-order valence-electron chi connectivity index (χ1n) is 6.58. The molecule has 22 heavy (non-hydrogen) atoms. The Labute approximate surface area is 127 Å². The molecular weight excluding hydrogens is 319 g/mol. The number of nitrogens with two attached hydrogens (primary N) is 1. The average Bonchev–Trinajstić information content (AvgIpc) is 2.79. The van der Waals surface area contributed by atoms with Crippen molar-refractivity contribution in [3.63, 3.8) is 0 Å². The number of nitrogens with zero attached hydrogens (tertiary/aromatic N) is 4. The van der Waals surface area contributed by atoms with Gasteiger partial charge >= 0.3 is 6.18 Å². The van der Waals surface area contributed by atoms with Crippen molar-refractivity contribution in [3.8, 4) is 0 Å². The van der Waals surface area contributed by atoms with E-state index in [1.807, 2.05) is 6.92 Å². The van der Waals surface area contributed by atoms with Gasteiger partial charge in [0, 0.05) is 10.9 Å². The molecule has 2 aromatic heterocycles. The molecule has 0 saturated carbocycles. The van der Waals surface area contributed by atoms with Gasteiger partial charge in [-0.15, -0.1) is 5.10 Å². The van der Waals surface area contributed by atoms with Crippen molar-refractivity contribution in [2.24, 2.45) is 5.14 Å². The highest BCUT2D eigenvalue weighted by molar-refractivity contribution is 7.83. The van der Waals surface area contributed by atoms with Gasteiger partial charge in [-0.25, -0.2) is 8.89 Å². The van der Waals surface area contributed by atoms with Crippen LogP contribution in [0, 0.1) is 0 Å². The molecule has 2 N–H and O–H groups in total. The summed E-state index contributed by atoms with van der Waals surface area (Å²) in [6, 6.07) is 1.60. The zero-order valence-electron chi connectivity index (χ0n) is 12.0. The van der Waals surface area contributed by atoms with Crippen LogP contribution in [0.5, 0.6) is 0 Å². The van der Waals surface area contributed by atoms with E-state index in [9.17, 15) is 17.4 Å².